The first-order valence-electron chi connectivity index (χ1n) is 11.3. The second-order valence-corrected chi connectivity index (χ2v) is 7.56. The van der Waals surface area contributed by atoms with Gasteiger partial charge in [0.1, 0.15) is 11.5 Å². The topological polar surface area (TPSA) is 44.3 Å². The third-order valence-corrected chi connectivity index (χ3v) is 5.51. The quantitative estimate of drug-likeness (QED) is 0.484. The monoisotopic (exact) mass is 444 g/mol. The van der Waals surface area contributed by atoms with E-state index in [2.05, 4.69) is 28.6 Å². The van der Waals surface area contributed by atoms with Gasteiger partial charge in [-0.05, 0) is 59.4 Å². The van der Waals surface area contributed by atoms with Crippen LogP contribution in [0.15, 0.2) is 45.6 Å². The third kappa shape index (κ3) is 5.93. The first kappa shape index (κ1) is 27.3. The number of likely N-dealkylation sites (N-methyl/N-ethyl adjacent to an activating group) is 1. The van der Waals surface area contributed by atoms with Crippen molar-refractivity contribution in [3.63, 3.8) is 0 Å². The van der Waals surface area contributed by atoms with Gasteiger partial charge < -0.3 is 9.88 Å². The van der Waals surface area contributed by atoms with Crippen LogP contribution in [0, 0.1) is 12.7 Å². The van der Waals surface area contributed by atoms with E-state index in [0.29, 0.717) is 34.4 Å². The molecule has 3 heterocycles. The number of H-pyrrole nitrogens is 1. The van der Waals surface area contributed by atoms with Crippen LogP contribution in [0.3, 0.4) is 0 Å². The number of aromatic amines is 1. The minimum atomic E-state index is -0.219. The van der Waals surface area contributed by atoms with E-state index in [0.717, 1.165) is 35.5 Å². The van der Waals surface area contributed by atoms with Gasteiger partial charge in [0.05, 0.1) is 11.1 Å². The molecule has 32 heavy (non-hydrogen) atoms. The molecule has 0 aromatic carbocycles. The van der Waals surface area contributed by atoms with E-state index in [-0.39, 0.29) is 11.6 Å². The molecule has 0 unspecified atom stereocenters. The Bertz CT molecular complexity index is 1040. The van der Waals surface area contributed by atoms with Crippen molar-refractivity contribution in [2.45, 2.75) is 74.7 Å². The Morgan fingerprint density at radius 3 is 2.31 bits per heavy atom. The molecule has 0 spiro atoms. The molecular weight excluding hydrogens is 406 g/mol. The second-order valence-electron chi connectivity index (χ2n) is 7.56. The number of nitrogens with zero attached hydrogens (tertiary/aromatic N) is 3. The first-order valence-corrected chi connectivity index (χ1v) is 11.3. The van der Waals surface area contributed by atoms with Crippen molar-refractivity contribution < 1.29 is 8.78 Å². The lowest BCUT2D eigenvalue weighted by Crippen LogP contribution is -2.24. The van der Waals surface area contributed by atoms with Crippen molar-refractivity contribution in [1.82, 2.24) is 14.9 Å². The van der Waals surface area contributed by atoms with E-state index < -0.39 is 0 Å². The maximum absolute atomic E-state index is 14.1. The van der Waals surface area contributed by atoms with Gasteiger partial charge in [-0.25, -0.2) is 13.8 Å². The number of nitrogens with one attached hydrogen (secondary N) is 1. The fourth-order valence-corrected chi connectivity index (χ4v) is 3.32. The predicted octanol–water partition coefficient (Wildman–Crippen LogP) is 7.56. The molecular formula is C26H38F2N4. The van der Waals surface area contributed by atoms with Gasteiger partial charge in [0.2, 0.25) is 0 Å². The van der Waals surface area contributed by atoms with E-state index >= 15 is 0 Å². The van der Waals surface area contributed by atoms with E-state index in [1.54, 1.807) is 13.8 Å². The van der Waals surface area contributed by atoms with Crippen molar-refractivity contribution in [1.29, 1.82) is 0 Å². The molecule has 1 N–H and O–H groups in total. The number of pyridine rings is 1. The standard InChI is InChI=1S/C13H17FN2.C11H15FN2.C2H6/c1-4-6-9-7-11-12(14)10(5-2)8(3)15-13(11)16-9;1-7-6-10(14(7)5)11(12)8(2)9(3)13-4;1-2/h7H,4-6H2,1-3H3,(H,15,16);6H,4H2,1-3,5H3;1-2H3/b;9-8-,11-10+;. The molecule has 1 aliphatic heterocycles. The van der Waals surface area contributed by atoms with Crippen LogP contribution in [0.5, 0.6) is 0 Å². The maximum Gasteiger partial charge on any atom is 0.151 e. The highest BCUT2D eigenvalue weighted by Gasteiger charge is 2.21. The molecule has 0 bridgehead atoms. The highest BCUT2D eigenvalue weighted by molar-refractivity contribution is 5.78. The van der Waals surface area contributed by atoms with Crippen molar-refractivity contribution in [2.24, 2.45) is 4.99 Å². The number of aromatic nitrogens is 2. The van der Waals surface area contributed by atoms with Gasteiger partial charge in [-0.2, -0.15) is 0 Å². The molecule has 1 aliphatic rings. The molecule has 0 amide bonds. The molecule has 0 atom stereocenters. The SMILES string of the molecule is C=N/C(C)=C(C)\C(F)=C1\C=C(C)N1C.CC.CCCc1cc2c(F)c(CC)c(C)nc2[nH]1. The highest BCUT2D eigenvalue weighted by atomic mass is 19.1. The van der Waals surface area contributed by atoms with Crippen molar-refractivity contribution in [3.8, 4) is 0 Å². The Hall–Kier alpha value is -2.76. The van der Waals surface area contributed by atoms with Crippen LogP contribution in [0.2, 0.25) is 0 Å². The zero-order valence-electron chi connectivity index (χ0n) is 21.1. The number of rotatable bonds is 5. The Balaban J connectivity index is 0.000000300. The van der Waals surface area contributed by atoms with Crippen LogP contribution < -0.4 is 0 Å². The summed E-state index contributed by atoms with van der Waals surface area (Å²) in [5.74, 6) is -0.327. The van der Waals surface area contributed by atoms with Crippen LogP contribution in [0.4, 0.5) is 8.78 Å². The first-order chi connectivity index (χ1) is 15.2. The number of aliphatic imine (C=N–C) groups is 1. The zero-order chi connectivity index (χ0) is 24.6. The number of fused-ring (bicyclic) bond motifs is 1. The highest BCUT2D eigenvalue weighted by Crippen LogP contribution is 2.31. The van der Waals surface area contributed by atoms with Crippen molar-refractivity contribution in [2.75, 3.05) is 7.05 Å². The predicted molar refractivity (Wildman–Crippen MR) is 133 cm³/mol. The summed E-state index contributed by atoms with van der Waals surface area (Å²) in [4.78, 5) is 13.1. The molecule has 0 saturated heterocycles. The average Bonchev–Trinajstić information content (AvgIpc) is 3.20. The lowest BCUT2D eigenvalue weighted by molar-refractivity contribution is 0.456. The van der Waals surface area contributed by atoms with E-state index in [4.69, 9.17) is 0 Å². The molecule has 6 heteroatoms. The summed E-state index contributed by atoms with van der Waals surface area (Å²) in [6.45, 7) is 18.7. The van der Waals surface area contributed by atoms with Gasteiger partial charge in [-0.1, -0.05) is 34.1 Å². The number of halogens is 2. The maximum atomic E-state index is 14.1. The fourth-order valence-electron chi connectivity index (χ4n) is 3.32. The summed E-state index contributed by atoms with van der Waals surface area (Å²) < 4.78 is 27.9. The van der Waals surface area contributed by atoms with Crippen LogP contribution in [-0.2, 0) is 12.8 Å². The summed E-state index contributed by atoms with van der Waals surface area (Å²) in [6, 6.07) is 1.89. The number of allylic oxidation sites excluding steroid dienone is 5. The number of hydrogen-bond donors (Lipinski definition) is 1. The minimum absolute atomic E-state index is 0.108. The van der Waals surface area contributed by atoms with Gasteiger partial charge in [0.25, 0.3) is 0 Å². The van der Waals surface area contributed by atoms with Gasteiger partial charge >= 0.3 is 0 Å². The summed E-state index contributed by atoms with van der Waals surface area (Å²) in [5, 5.41) is 0.630. The smallest absolute Gasteiger partial charge is 0.151 e. The van der Waals surface area contributed by atoms with Gasteiger partial charge in [-0.15, -0.1) is 0 Å². The van der Waals surface area contributed by atoms with Gasteiger partial charge in [0.15, 0.2) is 5.83 Å². The van der Waals surface area contributed by atoms with Gasteiger partial charge in [-0.3, -0.25) is 4.99 Å². The van der Waals surface area contributed by atoms with E-state index in [9.17, 15) is 8.78 Å². The van der Waals surface area contributed by atoms with Crippen molar-refractivity contribution >= 4 is 17.8 Å². The normalized spacial score (nSPS) is 15.0. The summed E-state index contributed by atoms with van der Waals surface area (Å²) in [6.07, 6.45) is 4.49. The molecule has 4 nitrogen and oxygen atoms in total. The largest absolute Gasteiger partial charge is 0.346 e. The average molecular weight is 445 g/mol. The zero-order valence-corrected chi connectivity index (χ0v) is 21.1. The lowest BCUT2D eigenvalue weighted by atomic mass is 10.1. The Morgan fingerprint density at radius 1 is 1.22 bits per heavy atom. The van der Waals surface area contributed by atoms with Crippen LogP contribution in [0.25, 0.3) is 11.0 Å². The van der Waals surface area contributed by atoms with E-state index in [1.807, 2.05) is 58.7 Å². The third-order valence-electron chi connectivity index (χ3n) is 5.51. The molecule has 0 saturated carbocycles. The van der Waals surface area contributed by atoms with E-state index in [1.165, 1.54) is 0 Å². The second kappa shape index (κ2) is 12.3. The molecule has 2 aromatic rings. The van der Waals surface area contributed by atoms with Crippen LogP contribution in [0.1, 0.15) is 71.8 Å². The fraction of sp³-hybridized carbons (Fsp3) is 0.462. The number of aryl methyl sites for hydroxylation is 2. The van der Waals surface area contributed by atoms with Crippen LogP contribution >= 0.6 is 0 Å². The minimum Gasteiger partial charge on any atom is -0.346 e. The van der Waals surface area contributed by atoms with Crippen LogP contribution in [-0.4, -0.2) is 28.6 Å². The Kier molecular flexibility index (Phi) is 10.5. The summed E-state index contributed by atoms with van der Waals surface area (Å²) in [7, 11) is 1.84. The lowest BCUT2D eigenvalue weighted by Gasteiger charge is -2.31. The molecule has 0 fully saturated rings. The van der Waals surface area contributed by atoms with Gasteiger partial charge in [0, 0.05) is 41.0 Å². The molecule has 2 aromatic heterocycles. The molecule has 0 radical (unpaired) electrons. The molecule has 3 rings (SSSR count). The van der Waals surface area contributed by atoms with Crippen molar-refractivity contribution in [3.05, 3.63) is 63.4 Å². The summed E-state index contributed by atoms with van der Waals surface area (Å²) in [5.41, 5.74) is 6.11. The summed E-state index contributed by atoms with van der Waals surface area (Å²) >= 11 is 0. The Labute approximate surface area is 191 Å². The Morgan fingerprint density at radius 2 is 1.84 bits per heavy atom. The number of hydrogen-bond acceptors (Lipinski definition) is 3. The molecule has 176 valence electrons. The molecule has 0 aliphatic carbocycles.